The number of ether oxygens (including phenoxy) is 1. The molecule has 0 amide bonds. The minimum Gasteiger partial charge on any atom is -0.488 e. The molecule has 1 N–H and O–H groups in total. The third-order valence-electron chi connectivity index (χ3n) is 3.52. The van der Waals surface area contributed by atoms with Crippen LogP contribution in [0.5, 0.6) is 5.75 Å². The topological polar surface area (TPSA) is 21.3 Å². The van der Waals surface area contributed by atoms with E-state index in [0.29, 0.717) is 5.25 Å². The van der Waals surface area contributed by atoms with Gasteiger partial charge in [0.1, 0.15) is 11.9 Å². The van der Waals surface area contributed by atoms with E-state index in [2.05, 4.69) is 78.3 Å². The van der Waals surface area contributed by atoms with Gasteiger partial charge in [-0.25, -0.2) is 0 Å². The summed E-state index contributed by atoms with van der Waals surface area (Å²) in [5.41, 5.74) is 0. The van der Waals surface area contributed by atoms with Crippen molar-refractivity contribution in [3.63, 3.8) is 0 Å². The number of rotatable bonds is 4. The summed E-state index contributed by atoms with van der Waals surface area (Å²) < 4.78 is 6.31. The Morgan fingerprint density at radius 3 is 2.52 bits per heavy atom. The van der Waals surface area contributed by atoms with Crippen LogP contribution in [0.25, 0.3) is 10.8 Å². The molecule has 1 aliphatic rings. The zero-order chi connectivity index (χ0) is 16.5. The fourth-order valence-corrected chi connectivity index (χ4v) is 3.42. The maximum absolute atomic E-state index is 6.31. The van der Waals surface area contributed by atoms with Crippen LogP contribution in [-0.2, 0) is 0 Å². The summed E-state index contributed by atoms with van der Waals surface area (Å²) in [5, 5.41) is 7.70. The van der Waals surface area contributed by atoms with E-state index >= 15 is 0 Å². The summed E-state index contributed by atoms with van der Waals surface area (Å²) in [5.74, 6) is 0.985. The Morgan fingerprint density at radius 1 is 1.09 bits per heavy atom. The highest BCUT2D eigenvalue weighted by Crippen LogP contribution is 2.30. The average molecular weight is 327 g/mol. The number of fused-ring (bicyclic) bond motifs is 1. The van der Waals surface area contributed by atoms with Gasteiger partial charge in [0, 0.05) is 5.39 Å². The van der Waals surface area contributed by atoms with Gasteiger partial charge in [-0.05, 0) is 37.4 Å². The molecule has 0 fully saturated rings. The van der Waals surface area contributed by atoms with Crippen LogP contribution >= 0.6 is 11.8 Å². The largest absolute Gasteiger partial charge is 0.488 e. The minimum absolute atomic E-state index is 0.201. The Bertz CT molecular complexity index is 660. The second kappa shape index (κ2) is 9.43. The van der Waals surface area contributed by atoms with Crippen molar-refractivity contribution in [2.24, 2.45) is 0 Å². The van der Waals surface area contributed by atoms with Crippen LogP contribution in [0.15, 0.2) is 66.1 Å². The van der Waals surface area contributed by atoms with E-state index in [4.69, 9.17) is 4.74 Å². The zero-order valence-corrected chi connectivity index (χ0v) is 14.8. The predicted octanol–water partition coefficient (Wildman–Crippen LogP) is 5.02. The minimum atomic E-state index is 0.201. The van der Waals surface area contributed by atoms with Crippen molar-refractivity contribution < 1.29 is 4.74 Å². The number of hydrogen-bond acceptors (Lipinski definition) is 3. The van der Waals surface area contributed by atoms with Crippen LogP contribution in [0.4, 0.5) is 0 Å². The third kappa shape index (κ3) is 4.88. The molecule has 0 bridgehead atoms. The molecule has 2 nitrogen and oxygen atoms in total. The van der Waals surface area contributed by atoms with Crippen molar-refractivity contribution in [3.05, 3.63) is 66.1 Å². The second-order valence-corrected chi connectivity index (χ2v) is 6.44. The standard InChI is InChI=1S/C18H18OS.C2H7N/c1-2-16(18-12-5-6-13-20-18)19-17-11-7-9-14-8-3-4-10-15(14)17;1-3-2/h3-13,16,18H,2H2,1H3;3H,1-2H3/t16?,18-;/m1./s1. The van der Waals surface area contributed by atoms with Gasteiger partial charge in [0.2, 0.25) is 0 Å². The molecule has 1 unspecified atom stereocenters. The number of allylic oxidation sites excluding steroid dienone is 2. The highest BCUT2D eigenvalue weighted by atomic mass is 32.2. The molecule has 0 aromatic heterocycles. The van der Waals surface area contributed by atoms with Gasteiger partial charge in [-0.3, -0.25) is 0 Å². The number of benzene rings is 2. The molecule has 0 aliphatic carbocycles. The fourth-order valence-electron chi connectivity index (χ4n) is 2.46. The van der Waals surface area contributed by atoms with Gasteiger partial charge in [-0.2, -0.15) is 0 Å². The van der Waals surface area contributed by atoms with Gasteiger partial charge >= 0.3 is 0 Å². The first-order valence-corrected chi connectivity index (χ1v) is 8.96. The van der Waals surface area contributed by atoms with E-state index < -0.39 is 0 Å². The van der Waals surface area contributed by atoms with Crippen LogP contribution in [0.1, 0.15) is 13.3 Å². The Hall–Kier alpha value is -1.71. The quantitative estimate of drug-likeness (QED) is 0.852. The van der Waals surface area contributed by atoms with E-state index in [9.17, 15) is 0 Å². The second-order valence-electron chi connectivity index (χ2n) is 5.36. The molecule has 0 saturated carbocycles. The molecule has 23 heavy (non-hydrogen) atoms. The van der Waals surface area contributed by atoms with Crippen molar-refractivity contribution in [2.75, 3.05) is 14.1 Å². The maximum Gasteiger partial charge on any atom is 0.127 e. The normalized spacial score (nSPS) is 17.4. The molecule has 3 rings (SSSR count). The summed E-state index contributed by atoms with van der Waals surface area (Å²) in [7, 11) is 3.75. The lowest BCUT2D eigenvalue weighted by molar-refractivity contribution is 0.208. The van der Waals surface area contributed by atoms with Gasteiger partial charge in [-0.1, -0.05) is 61.5 Å². The molecule has 1 aliphatic heterocycles. The zero-order valence-electron chi connectivity index (χ0n) is 14.0. The Labute approximate surface area is 143 Å². The highest BCUT2D eigenvalue weighted by molar-refractivity contribution is 8.03. The van der Waals surface area contributed by atoms with Crippen molar-refractivity contribution >= 4 is 22.5 Å². The van der Waals surface area contributed by atoms with Crippen LogP contribution in [0, 0.1) is 0 Å². The van der Waals surface area contributed by atoms with Crippen LogP contribution < -0.4 is 10.1 Å². The summed E-state index contributed by atoms with van der Waals surface area (Å²) in [6, 6.07) is 14.6. The van der Waals surface area contributed by atoms with E-state index in [-0.39, 0.29) is 6.10 Å². The fraction of sp³-hybridized carbons (Fsp3) is 0.300. The molecular formula is C20H25NOS. The third-order valence-corrected chi connectivity index (χ3v) is 4.61. The first kappa shape index (κ1) is 17.6. The summed E-state index contributed by atoms with van der Waals surface area (Å²) in [4.78, 5) is 0. The van der Waals surface area contributed by atoms with Gasteiger partial charge < -0.3 is 10.1 Å². The lowest BCUT2D eigenvalue weighted by Crippen LogP contribution is -2.27. The van der Waals surface area contributed by atoms with Crippen molar-refractivity contribution in [1.82, 2.24) is 5.32 Å². The molecule has 0 saturated heterocycles. The summed E-state index contributed by atoms with van der Waals surface area (Å²) in [6.45, 7) is 2.18. The highest BCUT2D eigenvalue weighted by Gasteiger charge is 2.20. The van der Waals surface area contributed by atoms with Crippen molar-refractivity contribution in [1.29, 1.82) is 0 Å². The molecule has 2 aromatic carbocycles. The van der Waals surface area contributed by atoms with E-state index in [1.165, 1.54) is 10.8 Å². The van der Waals surface area contributed by atoms with E-state index in [1.54, 1.807) is 0 Å². The molecular weight excluding hydrogens is 302 g/mol. The number of hydrogen-bond donors (Lipinski definition) is 1. The molecule has 3 heteroatoms. The van der Waals surface area contributed by atoms with Crippen molar-refractivity contribution in [2.45, 2.75) is 24.7 Å². The molecule has 2 aromatic rings. The molecule has 0 spiro atoms. The maximum atomic E-state index is 6.31. The molecule has 0 radical (unpaired) electrons. The van der Waals surface area contributed by atoms with Crippen LogP contribution in [0.2, 0.25) is 0 Å². The first-order valence-electron chi connectivity index (χ1n) is 8.01. The number of nitrogens with one attached hydrogen (secondary N) is 1. The molecule has 2 atom stereocenters. The molecule has 1 heterocycles. The lowest BCUT2D eigenvalue weighted by Gasteiger charge is -2.25. The summed E-state index contributed by atoms with van der Waals surface area (Å²) >= 11 is 1.83. The monoisotopic (exact) mass is 327 g/mol. The summed E-state index contributed by atoms with van der Waals surface area (Å²) in [6.07, 6.45) is 7.61. The van der Waals surface area contributed by atoms with Crippen molar-refractivity contribution in [3.8, 4) is 5.75 Å². The van der Waals surface area contributed by atoms with Gasteiger partial charge in [0.05, 0.1) is 5.25 Å². The number of thioether (sulfide) groups is 1. The first-order chi connectivity index (χ1) is 11.3. The van der Waals surface area contributed by atoms with E-state index in [1.807, 2.05) is 25.9 Å². The Kier molecular flexibility index (Phi) is 7.24. The van der Waals surface area contributed by atoms with Gasteiger partial charge in [0.15, 0.2) is 0 Å². The van der Waals surface area contributed by atoms with Crippen LogP contribution in [0.3, 0.4) is 0 Å². The van der Waals surface area contributed by atoms with Crippen LogP contribution in [-0.4, -0.2) is 25.4 Å². The Balaban J connectivity index is 0.000000595. The van der Waals surface area contributed by atoms with Gasteiger partial charge in [-0.15, -0.1) is 11.8 Å². The smallest absolute Gasteiger partial charge is 0.127 e. The van der Waals surface area contributed by atoms with Gasteiger partial charge in [0.25, 0.3) is 0 Å². The SMILES string of the molecule is CCC(Oc1cccc2ccccc12)[C@H]1C=CC=CS1.CNC. The van der Waals surface area contributed by atoms with E-state index in [0.717, 1.165) is 12.2 Å². The predicted molar refractivity (Wildman–Crippen MR) is 103 cm³/mol. The molecule has 122 valence electrons. The Morgan fingerprint density at radius 2 is 1.83 bits per heavy atom. The lowest BCUT2D eigenvalue weighted by atomic mass is 10.1. The average Bonchev–Trinajstić information content (AvgIpc) is 2.61.